The zero-order chi connectivity index (χ0) is 18.0. The first-order valence-corrected chi connectivity index (χ1v) is 8.61. The summed E-state index contributed by atoms with van der Waals surface area (Å²) in [6, 6.07) is 6.29. The molecule has 1 amide bonds. The van der Waals surface area contributed by atoms with E-state index in [-0.39, 0.29) is 5.91 Å². The second-order valence-electron chi connectivity index (χ2n) is 6.50. The molecule has 0 spiro atoms. The third-order valence-electron chi connectivity index (χ3n) is 4.86. The molecule has 2 aromatic heterocycles. The summed E-state index contributed by atoms with van der Waals surface area (Å²) >= 11 is 0. The molecule has 0 radical (unpaired) electrons. The van der Waals surface area contributed by atoms with Crippen molar-refractivity contribution in [2.75, 3.05) is 6.54 Å². The molecule has 0 unspecified atom stereocenters. The fourth-order valence-electron chi connectivity index (χ4n) is 3.19. The summed E-state index contributed by atoms with van der Waals surface area (Å²) in [5, 5.41) is 16.6. The van der Waals surface area contributed by atoms with Gasteiger partial charge >= 0.3 is 0 Å². The molecule has 132 valence electrons. The maximum atomic E-state index is 11.4. The smallest absolute Gasteiger partial charge is 0.220 e. The van der Waals surface area contributed by atoms with Crippen molar-refractivity contribution in [2.24, 2.45) is 7.05 Å². The maximum absolute atomic E-state index is 11.4. The van der Waals surface area contributed by atoms with Crippen LogP contribution in [0.3, 0.4) is 0 Å². The average Bonchev–Trinajstić information content (AvgIpc) is 3.14. The summed E-state index contributed by atoms with van der Waals surface area (Å²) in [5.41, 5.74) is 5.10. The molecule has 3 heterocycles. The van der Waals surface area contributed by atoms with E-state index >= 15 is 0 Å². The van der Waals surface area contributed by atoms with Gasteiger partial charge in [-0.3, -0.25) is 14.4 Å². The zero-order valence-corrected chi connectivity index (χ0v) is 15.0. The van der Waals surface area contributed by atoms with Crippen molar-refractivity contribution in [3.05, 3.63) is 40.5 Å². The van der Waals surface area contributed by atoms with E-state index in [1.807, 2.05) is 29.3 Å². The predicted molar refractivity (Wildman–Crippen MR) is 93.3 cm³/mol. The highest BCUT2D eigenvalue weighted by molar-refractivity contribution is 5.75. The van der Waals surface area contributed by atoms with Crippen LogP contribution in [-0.4, -0.2) is 31.7 Å². The lowest BCUT2D eigenvalue weighted by molar-refractivity contribution is -0.120. The Morgan fingerprint density at radius 1 is 1.40 bits per heavy atom. The molecule has 2 aromatic rings. The van der Waals surface area contributed by atoms with Crippen molar-refractivity contribution in [3.8, 4) is 6.07 Å². The van der Waals surface area contributed by atoms with Crippen LogP contribution in [0.15, 0.2) is 12.1 Å². The minimum Gasteiger partial charge on any atom is -0.350 e. The number of carbonyl (C=O) groups excluding carboxylic acids is 1. The molecule has 7 nitrogen and oxygen atoms in total. The number of amides is 1. The Morgan fingerprint density at radius 2 is 2.20 bits per heavy atom. The first-order chi connectivity index (χ1) is 12.0. The van der Waals surface area contributed by atoms with Gasteiger partial charge in [0, 0.05) is 38.8 Å². The van der Waals surface area contributed by atoms with Crippen LogP contribution in [0.25, 0.3) is 0 Å². The Labute approximate surface area is 147 Å². The van der Waals surface area contributed by atoms with Gasteiger partial charge in [-0.1, -0.05) is 6.92 Å². The Balaban J connectivity index is 1.66. The standard InChI is InChI=1S/C18H24N6O/c1-4-18(25)20-10-15-8-17-12-23(5-6-24(17)21-15)11-14-7-16(9-19)22(3)13(14)2/h7-8H,4-6,10-12H2,1-3H3,(H,20,25). The predicted octanol–water partition coefficient (Wildman–Crippen LogP) is 1.44. The number of nitrogens with zero attached hydrogens (tertiary/aromatic N) is 5. The second kappa shape index (κ2) is 7.11. The molecular formula is C18H24N6O. The van der Waals surface area contributed by atoms with Gasteiger partial charge in [0.25, 0.3) is 0 Å². The molecule has 1 aliphatic rings. The third kappa shape index (κ3) is 3.59. The van der Waals surface area contributed by atoms with Crippen molar-refractivity contribution >= 4 is 5.91 Å². The first kappa shape index (κ1) is 17.2. The quantitative estimate of drug-likeness (QED) is 0.893. The van der Waals surface area contributed by atoms with Crippen LogP contribution >= 0.6 is 0 Å². The van der Waals surface area contributed by atoms with Crippen LogP contribution in [0.4, 0.5) is 0 Å². The van der Waals surface area contributed by atoms with Gasteiger partial charge in [0.15, 0.2) is 0 Å². The highest BCUT2D eigenvalue weighted by Crippen LogP contribution is 2.20. The molecular weight excluding hydrogens is 316 g/mol. The first-order valence-electron chi connectivity index (χ1n) is 8.61. The van der Waals surface area contributed by atoms with Crippen molar-refractivity contribution in [1.82, 2.24) is 24.6 Å². The van der Waals surface area contributed by atoms with Crippen molar-refractivity contribution in [3.63, 3.8) is 0 Å². The fraction of sp³-hybridized carbons (Fsp3) is 0.500. The number of hydrogen-bond acceptors (Lipinski definition) is 4. The molecule has 0 saturated carbocycles. The molecule has 3 rings (SSSR count). The lowest BCUT2D eigenvalue weighted by Gasteiger charge is -2.27. The number of carbonyl (C=O) groups is 1. The molecule has 0 aromatic carbocycles. The second-order valence-corrected chi connectivity index (χ2v) is 6.50. The number of nitriles is 1. The number of nitrogens with one attached hydrogen (secondary N) is 1. The van der Waals surface area contributed by atoms with Gasteiger partial charge in [0.05, 0.1) is 24.5 Å². The third-order valence-corrected chi connectivity index (χ3v) is 4.86. The monoisotopic (exact) mass is 340 g/mol. The van der Waals surface area contributed by atoms with Crippen LogP contribution in [0.2, 0.25) is 0 Å². The van der Waals surface area contributed by atoms with Gasteiger partial charge in [-0.25, -0.2) is 0 Å². The zero-order valence-electron chi connectivity index (χ0n) is 15.0. The van der Waals surface area contributed by atoms with E-state index in [2.05, 4.69) is 34.4 Å². The highest BCUT2D eigenvalue weighted by atomic mass is 16.1. The highest BCUT2D eigenvalue weighted by Gasteiger charge is 2.20. The minimum atomic E-state index is 0.0421. The normalized spacial score (nSPS) is 14.2. The molecule has 0 fully saturated rings. The van der Waals surface area contributed by atoms with Crippen LogP contribution in [0.5, 0.6) is 0 Å². The molecule has 0 atom stereocenters. The summed E-state index contributed by atoms with van der Waals surface area (Å²) in [6.07, 6.45) is 0.489. The number of rotatable bonds is 5. The van der Waals surface area contributed by atoms with Crippen molar-refractivity contribution in [2.45, 2.75) is 46.4 Å². The molecule has 0 saturated heterocycles. The number of aromatic nitrogens is 3. The summed E-state index contributed by atoms with van der Waals surface area (Å²) in [4.78, 5) is 13.8. The van der Waals surface area contributed by atoms with E-state index in [0.717, 1.165) is 37.6 Å². The van der Waals surface area contributed by atoms with Gasteiger partial charge in [-0.05, 0) is 24.6 Å². The van der Waals surface area contributed by atoms with E-state index in [4.69, 9.17) is 0 Å². The topological polar surface area (TPSA) is 78.9 Å². The largest absolute Gasteiger partial charge is 0.350 e. The Kier molecular flexibility index (Phi) is 4.91. The summed E-state index contributed by atoms with van der Waals surface area (Å²) in [6.45, 7) is 7.79. The van der Waals surface area contributed by atoms with Crippen LogP contribution in [0, 0.1) is 18.3 Å². The molecule has 25 heavy (non-hydrogen) atoms. The van der Waals surface area contributed by atoms with E-state index in [0.29, 0.717) is 18.7 Å². The molecule has 7 heteroatoms. The maximum Gasteiger partial charge on any atom is 0.220 e. The van der Waals surface area contributed by atoms with Crippen molar-refractivity contribution < 1.29 is 4.79 Å². The van der Waals surface area contributed by atoms with E-state index in [9.17, 15) is 10.1 Å². The number of fused-ring (bicyclic) bond motifs is 1. The van der Waals surface area contributed by atoms with Crippen LogP contribution < -0.4 is 5.32 Å². The van der Waals surface area contributed by atoms with E-state index in [1.165, 1.54) is 11.3 Å². The van der Waals surface area contributed by atoms with Crippen LogP contribution in [0.1, 0.15) is 41.7 Å². The molecule has 0 bridgehead atoms. The summed E-state index contributed by atoms with van der Waals surface area (Å²) < 4.78 is 3.97. The minimum absolute atomic E-state index is 0.0421. The van der Waals surface area contributed by atoms with E-state index < -0.39 is 0 Å². The van der Waals surface area contributed by atoms with Gasteiger partial charge in [0.1, 0.15) is 11.8 Å². The molecule has 1 aliphatic heterocycles. The Morgan fingerprint density at radius 3 is 2.88 bits per heavy atom. The molecule has 1 N–H and O–H groups in total. The van der Waals surface area contributed by atoms with Crippen molar-refractivity contribution in [1.29, 1.82) is 5.26 Å². The SMILES string of the molecule is CCC(=O)NCc1cc2n(n1)CCN(Cc1cc(C#N)n(C)c1C)C2. The van der Waals surface area contributed by atoms with Gasteiger partial charge < -0.3 is 9.88 Å². The lowest BCUT2D eigenvalue weighted by atomic mass is 10.2. The fourth-order valence-corrected chi connectivity index (χ4v) is 3.19. The Bertz CT molecular complexity index is 825. The van der Waals surface area contributed by atoms with E-state index in [1.54, 1.807) is 0 Å². The summed E-state index contributed by atoms with van der Waals surface area (Å²) in [5.74, 6) is 0.0421. The summed E-state index contributed by atoms with van der Waals surface area (Å²) in [7, 11) is 1.93. The lowest BCUT2D eigenvalue weighted by Crippen LogP contribution is -2.33. The van der Waals surface area contributed by atoms with Gasteiger partial charge in [-0.2, -0.15) is 10.4 Å². The van der Waals surface area contributed by atoms with Gasteiger partial charge in [-0.15, -0.1) is 0 Å². The van der Waals surface area contributed by atoms with Crippen LogP contribution in [-0.2, 0) is 38.0 Å². The Hall–Kier alpha value is -2.59. The number of hydrogen-bond donors (Lipinski definition) is 1. The molecule has 0 aliphatic carbocycles. The van der Waals surface area contributed by atoms with Gasteiger partial charge in [0.2, 0.25) is 5.91 Å². The average molecular weight is 340 g/mol.